The molecule has 1 aliphatic carbocycles. The molecule has 0 unspecified atom stereocenters. The van der Waals surface area contributed by atoms with Crippen LogP contribution in [-0.4, -0.2) is 81.3 Å². The van der Waals surface area contributed by atoms with Crippen molar-refractivity contribution in [2.75, 3.05) is 26.7 Å². The predicted molar refractivity (Wildman–Crippen MR) is 124 cm³/mol. The summed E-state index contributed by atoms with van der Waals surface area (Å²) in [7, 11) is 1.78. The number of amides is 2. The fourth-order valence-electron chi connectivity index (χ4n) is 3.71. The first-order chi connectivity index (χ1) is 15.5. The van der Waals surface area contributed by atoms with Crippen molar-refractivity contribution < 1.29 is 24.5 Å². The van der Waals surface area contributed by atoms with Gasteiger partial charge in [-0.15, -0.1) is 0 Å². The number of pyridine rings is 1. The van der Waals surface area contributed by atoms with E-state index in [-0.39, 0.29) is 41.9 Å². The molecule has 2 heterocycles. The maximum Gasteiger partial charge on any atom is 0.259 e. The number of carbonyl (C=O) groups excluding carboxylic acids is 2. The molecule has 0 radical (unpaired) electrons. The molecule has 1 aromatic heterocycles. The average Bonchev–Trinajstić information content (AvgIpc) is 3.57. The topological polar surface area (TPSA) is 103 Å². The van der Waals surface area contributed by atoms with Crippen molar-refractivity contribution in [3.8, 4) is 17.7 Å². The number of ether oxygens (including phenoxy) is 1. The van der Waals surface area contributed by atoms with Gasteiger partial charge in [0.25, 0.3) is 5.91 Å². The van der Waals surface area contributed by atoms with E-state index in [1.807, 2.05) is 6.92 Å². The quantitative estimate of drug-likeness (QED) is 0.630. The van der Waals surface area contributed by atoms with Crippen LogP contribution in [0, 0.1) is 23.7 Å². The predicted octanol–water partition coefficient (Wildman–Crippen LogP) is 1.68. The Bertz CT molecular complexity index is 942. The highest BCUT2D eigenvalue weighted by atomic mass is 16.5. The van der Waals surface area contributed by atoms with E-state index in [2.05, 4.69) is 16.8 Å². The number of likely N-dealkylation sites (N-methyl/N-ethyl adjacent to an activating group) is 1. The van der Waals surface area contributed by atoms with Crippen LogP contribution in [0.3, 0.4) is 0 Å². The van der Waals surface area contributed by atoms with E-state index in [1.165, 1.54) is 6.20 Å². The number of aliphatic hydroxyl groups excluding tert-OH is 1. The fraction of sp³-hybridized carbons (Fsp3) is 0.640. The molecule has 2 aliphatic rings. The van der Waals surface area contributed by atoms with Crippen LogP contribution in [0.15, 0.2) is 12.3 Å². The van der Waals surface area contributed by atoms with Crippen molar-refractivity contribution in [2.24, 2.45) is 11.8 Å². The van der Waals surface area contributed by atoms with Crippen LogP contribution < -0.4 is 4.74 Å². The van der Waals surface area contributed by atoms with Gasteiger partial charge < -0.3 is 24.7 Å². The zero-order chi connectivity index (χ0) is 24.3. The van der Waals surface area contributed by atoms with Crippen LogP contribution in [0.4, 0.5) is 0 Å². The minimum absolute atomic E-state index is 0.0938. The summed E-state index contributed by atoms with van der Waals surface area (Å²) >= 11 is 0. The van der Waals surface area contributed by atoms with Crippen molar-refractivity contribution in [1.82, 2.24) is 14.8 Å². The summed E-state index contributed by atoms with van der Waals surface area (Å²) in [6.45, 7) is 7.49. The molecular weight excluding hydrogens is 422 g/mol. The van der Waals surface area contributed by atoms with Gasteiger partial charge in [0.05, 0.1) is 19.2 Å². The summed E-state index contributed by atoms with van der Waals surface area (Å²) in [5.74, 6) is 5.96. The largest absolute Gasteiger partial charge is 0.472 e. The van der Waals surface area contributed by atoms with Crippen molar-refractivity contribution in [3.63, 3.8) is 0 Å². The number of nitrogens with zero attached hydrogens (tertiary/aromatic N) is 3. The van der Waals surface area contributed by atoms with Gasteiger partial charge in [0.1, 0.15) is 17.3 Å². The molecule has 0 aromatic carbocycles. The maximum absolute atomic E-state index is 13.4. The molecule has 1 aromatic rings. The third-order valence-electron chi connectivity index (χ3n) is 6.07. The highest BCUT2D eigenvalue weighted by Crippen LogP contribution is 2.33. The Morgan fingerprint density at radius 1 is 1.42 bits per heavy atom. The Balaban J connectivity index is 1.92. The standard InChI is InChI=1S/C25H35N3O5/c1-16-13-28(17(2)15-29)24(31)20-10-19(8-9-25(3,4)32)12-26-23(20)33-21(16)14-27(5)22(30)11-18-6-7-18/h10,12,16-18,21,29,32H,6-7,11,13-15H2,1-5H3/t16-,17-,21-/m0/s1. The summed E-state index contributed by atoms with van der Waals surface area (Å²) < 4.78 is 6.21. The Kier molecular flexibility index (Phi) is 7.65. The van der Waals surface area contributed by atoms with Gasteiger partial charge in [-0.05, 0) is 45.6 Å². The molecule has 2 amide bonds. The minimum atomic E-state index is -1.18. The van der Waals surface area contributed by atoms with Crippen molar-refractivity contribution >= 4 is 11.8 Å². The molecule has 3 atom stereocenters. The second kappa shape index (κ2) is 10.1. The van der Waals surface area contributed by atoms with Crippen LogP contribution >= 0.6 is 0 Å². The molecule has 8 heteroatoms. The molecule has 0 spiro atoms. The molecule has 3 rings (SSSR count). The Labute approximate surface area is 195 Å². The molecule has 1 saturated carbocycles. The third kappa shape index (κ3) is 6.68. The summed E-state index contributed by atoms with van der Waals surface area (Å²) in [6, 6.07) is 1.21. The summed E-state index contributed by atoms with van der Waals surface area (Å²) in [5, 5.41) is 19.7. The van der Waals surface area contributed by atoms with Gasteiger partial charge in [-0.25, -0.2) is 4.98 Å². The van der Waals surface area contributed by atoms with E-state index in [4.69, 9.17) is 4.74 Å². The maximum atomic E-state index is 13.4. The van der Waals surface area contributed by atoms with E-state index in [0.29, 0.717) is 31.0 Å². The van der Waals surface area contributed by atoms with E-state index in [0.717, 1.165) is 12.8 Å². The van der Waals surface area contributed by atoms with Gasteiger partial charge in [-0.1, -0.05) is 18.8 Å². The number of hydrogen-bond acceptors (Lipinski definition) is 6. The molecular formula is C25H35N3O5. The van der Waals surface area contributed by atoms with E-state index in [1.54, 1.807) is 43.7 Å². The first kappa shape index (κ1) is 25.0. The molecule has 33 heavy (non-hydrogen) atoms. The minimum Gasteiger partial charge on any atom is -0.472 e. The Morgan fingerprint density at radius 3 is 2.73 bits per heavy atom. The smallest absolute Gasteiger partial charge is 0.259 e. The van der Waals surface area contributed by atoms with Crippen LogP contribution in [0.5, 0.6) is 5.88 Å². The number of rotatable bonds is 6. The second-order valence-corrected chi connectivity index (χ2v) is 9.93. The lowest BCUT2D eigenvalue weighted by Gasteiger charge is -2.37. The van der Waals surface area contributed by atoms with Crippen LogP contribution in [0.25, 0.3) is 0 Å². The fourth-order valence-corrected chi connectivity index (χ4v) is 3.71. The van der Waals surface area contributed by atoms with Crippen LogP contribution in [-0.2, 0) is 4.79 Å². The average molecular weight is 458 g/mol. The molecule has 0 saturated heterocycles. The van der Waals surface area contributed by atoms with Gasteiger partial charge in [0.15, 0.2) is 0 Å². The Hall–Kier alpha value is -2.63. The van der Waals surface area contributed by atoms with Gasteiger partial charge in [-0.2, -0.15) is 0 Å². The second-order valence-electron chi connectivity index (χ2n) is 9.93. The third-order valence-corrected chi connectivity index (χ3v) is 6.07. The lowest BCUT2D eigenvalue weighted by atomic mass is 9.99. The SMILES string of the molecule is C[C@H]1CN([C@@H](C)CO)C(=O)c2cc(C#CC(C)(C)O)cnc2O[C@H]1CN(C)C(=O)CC1CC1. The summed E-state index contributed by atoms with van der Waals surface area (Å²) in [4.78, 5) is 33.6. The Morgan fingerprint density at radius 2 is 2.12 bits per heavy atom. The molecule has 1 fully saturated rings. The summed E-state index contributed by atoms with van der Waals surface area (Å²) in [5.41, 5.74) is -0.451. The van der Waals surface area contributed by atoms with Crippen LogP contribution in [0.2, 0.25) is 0 Å². The van der Waals surface area contributed by atoms with Gasteiger partial charge in [0, 0.05) is 37.7 Å². The van der Waals surface area contributed by atoms with Crippen LogP contribution in [0.1, 0.15) is 62.9 Å². The van der Waals surface area contributed by atoms with Gasteiger partial charge >= 0.3 is 0 Å². The summed E-state index contributed by atoms with van der Waals surface area (Å²) in [6.07, 6.45) is 3.92. The van der Waals surface area contributed by atoms with Crippen molar-refractivity contribution in [1.29, 1.82) is 0 Å². The van der Waals surface area contributed by atoms with Crippen molar-refractivity contribution in [3.05, 3.63) is 23.4 Å². The van der Waals surface area contributed by atoms with E-state index in [9.17, 15) is 19.8 Å². The van der Waals surface area contributed by atoms with Crippen molar-refractivity contribution in [2.45, 2.75) is 64.7 Å². The van der Waals surface area contributed by atoms with E-state index >= 15 is 0 Å². The highest BCUT2D eigenvalue weighted by molar-refractivity contribution is 5.97. The lowest BCUT2D eigenvalue weighted by molar-refractivity contribution is -0.131. The van der Waals surface area contributed by atoms with E-state index < -0.39 is 11.6 Å². The number of aromatic nitrogens is 1. The zero-order valence-corrected chi connectivity index (χ0v) is 20.2. The lowest BCUT2D eigenvalue weighted by Crippen LogP contribution is -2.50. The monoisotopic (exact) mass is 457 g/mol. The molecule has 1 aliphatic heterocycles. The normalized spacial score (nSPS) is 21.7. The number of hydrogen-bond donors (Lipinski definition) is 2. The number of aliphatic hydroxyl groups is 2. The first-order valence-electron chi connectivity index (χ1n) is 11.6. The number of carbonyl (C=O) groups is 2. The zero-order valence-electron chi connectivity index (χ0n) is 20.2. The van der Waals surface area contributed by atoms with Gasteiger partial charge in [-0.3, -0.25) is 9.59 Å². The highest BCUT2D eigenvalue weighted by Gasteiger charge is 2.35. The number of fused-ring (bicyclic) bond motifs is 1. The molecule has 8 nitrogen and oxygen atoms in total. The molecule has 0 bridgehead atoms. The molecule has 180 valence electrons. The molecule has 2 N–H and O–H groups in total. The van der Waals surface area contributed by atoms with Gasteiger partial charge in [0.2, 0.25) is 11.8 Å². The first-order valence-corrected chi connectivity index (χ1v) is 11.6.